The number of hydrogen-bond acceptors (Lipinski definition) is 6. The number of carboxylic acids is 1. The van der Waals surface area contributed by atoms with Crippen molar-refractivity contribution in [1.82, 2.24) is 19.1 Å². The van der Waals surface area contributed by atoms with Crippen molar-refractivity contribution in [3.8, 4) is 22.6 Å². The molecule has 12 rings (SSSR count). The van der Waals surface area contributed by atoms with Crippen LogP contribution in [0, 0.1) is 17.7 Å². The van der Waals surface area contributed by atoms with Crippen LogP contribution in [-0.2, 0) is 20.1 Å². The Kier molecular flexibility index (Phi) is 13.2. The van der Waals surface area contributed by atoms with Crippen molar-refractivity contribution in [2.45, 2.75) is 0 Å². The third-order valence-corrected chi connectivity index (χ3v) is 10.8. The van der Waals surface area contributed by atoms with Gasteiger partial charge < -0.3 is 29.6 Å². The first-order chi connectivity index (χ1) is 31.4. The van der Waals surface area contributed by atoms with Crippen molar-refractivity contribution in [2.75, 3.05) is 0 Å². The molecule has 1 radical (unpaired) electrons. The number of pyridine rings is 2. The Balaban J connectivity index is 0.000000198. The van der Waals surface area contributed by atoms with Gasteiger partial charge in [0.05, 0.1) is 22.1 Å². The number of aromatic carboxylic acids is 1. The molecule has 12 heteroatoms. The molecule has 0 saturated carbocycles. The van der Waals surface area contributed by atoms with E-state index in [0.29, 0.717) is 5.69 Å². The second kappa shape index (κ2) is 19.5. The average molecular weight is 1060 g/mol. The fourth-order valence-electron chi connectivity index (χ4n) is 8.07. The molecule has 0 aliphatic heterocycles. The van der Waals surface area contributed by atoms with Crippen molar-refractivity contribution in [1.29, 1.82) is 0 Å². The molecule has 0 aliphatic rings. The van der Waals surface area contributed by atoms with Crippen LogP contribution in [0.1, 0.15) is 11.9 Å². The quantitative estimate of drug-likeness (QED) is 0.0921. The molecule has 0 spiro atoms. The first-order valence-electron chi connectivity index (χ1n) is 20.0. The van der Waals surface area contributed by atoms with Crippen molar-refractivity contribution in [3.63, 3.8) is 0 Å². The first kappa shape index (κ1) is 44.1. The van der Waals surface area contributed by atoms with Gasteiger partial charge in [0.15, 0.2) is 0 Å². The van der Waals surface area contributed by atoms with Crippen LogP contribution in [0.5, 0.6) is 0 Å². The van der Waals surface area contributed by atoms with Crippen LogP contribution in [0.3, 0.4) is 0 Å². The molecule has 0 fully saturated rings. The van der Waals surface area contributed by atoms with Gasteiger partial charge in [0.1, 0.15) is 16.9 Å². The summed E-state index contributed by atoms with van der Waals surface area (Å²) >= 11 is 2.53. The van der Waals surface area contributed by atoms with Crippen LogP contribution < -0.4 is 0 Å². The topological polar surface area (TPSA) is 106 Å². The second-order valence-electron chi connectivity index (χ2n) is 14.5. The number of furan rings is 1. The molecule has 0 aliphatic carbocycles. The summed E-state index contributed by atoms with van der Waals surface area (Å²) in [6.45, 7) is 0. The fourth-order valence-corrected chi connectivity index (χ4v) is 8.07. The molecule has 0 bridgehead atoms. The molecule has 12 aromatic rings. The van der Waals surface area contributed by atoms with Gasteiger partial charge in [0.2, 0.25) is 0 Å². The Morgan fingerprint density at radius 3 is 1.37 bits per heavy atom. The van der Waals surface area contributed by atoms with E-state index in [0.717, 1.165) is 45.4 Å². The van der Waals surface area contributed by atoms with Crippen molar-refractivity contribution in [3.05, 3.63) is 218 Å². The monoisotopic (exact) mass is 1060 g/mol. The minimum absolute atomic E-state index is 0. The number of para-hydroxylation sites is 4. The zero-order chi connectivity index (χ0) is 44.2. The summed E-state index contributed by atoms with van der Waals surface area (Å²) < 4.78 is 43.5. The number of halogens is 2. The SMILES string of the molecule is Fc1c[c-]c(-c2ccccn2)c(F)c1.O=C(O)c1ccccn1.OS.[3H-].[Ir].c1ccc2c(c1)c1ccccc1n2-c1ccc2oc3ccc(-n4c5ccccc5c5ccccc54)cc3c2c1. The third kappa shape index (κ3) is 8.63. The van der Waals surface area contributed by atoms with Gasteiger partial charge in [0.25, 0.3) is 0 Å². The smallest absolute Gasteiger partial charge is 0.354 e. The van der Waals surface area contributed by atoms with Gasteiger partial charge in [-0.3, -0.25) is 8.78 Å². The number of rotatable bonds is 4. The Morgan fingerprint density at radius 2 is 0.985 bits per heavy atom. The van der Waals surface area contributed by atoms with E-state index in [1.165, 1.54) is 55.9 Å². The van der Waals surface area contributed by atoms with Crippen LogP contribution in [0.25, 0.3) is 88.2 Å². The molecule has 5 aromatic heterocycles. The summed E-state index contributed by atoms with van der Waals surface area (Å²) in [6.07, 6.45) is 3.00. The van der Waals surface area contributed by atoms with Crippen LogP contribution >= 0.6 is 12.9 Å². The van der Waals surface area contributed by atoms with Gasteiger partial charge in [-0.1, -0.05) is 103 Å². The molecule has 8 nitrogen and oxygen atoms in total. The summed E-state index contributed by atoms with van der Waals surface area (Å²) in [6, 6.07) is 61.9. The number of hydrogen-bond donors (Lipinski definition) is 3. The molecule has 0 unspecified atom stereocenters. The number of carboxylic acid groups (broad SMARTS) is 1. The zero-order valence-electron chi connectivity index (χ0n) is 35.0. The first-order valence-corrected chi connectivity index (χ1v) is 20.4. The van der Waals surface area contributed by atoms with Crippen LogP contribution in [0.4, 0.5) is 8.78 Å². The number of nitrogens with zero attached hydrogens (tertiary/aromatic N) is 4. The number of carbonyl (C=O) groups is 1. The maximum Gasteiger partial charge on any atom is 0.354 e. The van der Waals surface area contributed by atoms with Crippen LogP contribution in [0.2, 0.25) is 0 Å². The third-order valence-electron chi connectivity index (χ3n) is 10.8. The van der Waals surface area contributed by atoms with E-state index in [4.69, 9.17) is 14.1 Å². The summed E-state index contributed by atoms with van der Waals surface area (Å²) in [4.78, 5) is 17.7. The van der Waals surface area contributed by atoms with Crippen LogP contribution in [0.15, 0.2) is 199 Å². The number of benzene rings is 7. The molecule has 7 aromatic carbocycles. The van der Waals surface area contributed by atoms with E-state index < -0.39 is 17.6 Å². The average Bonchev–Trinajstić information content (AvgIpc) is 4.00. The van der Waals surface area contributed by atoms with E-state index >= 15 is 0 Å². The Labute approximate surface area is 391 Å². The van der Waals surface area contributed by atoms with E-state index in [2.05, 4.69) is 172 Å². The van der Waals surface area contributed by atoms with Crippen molar-refractivity contribution < 1.29 is 49.2 Å². The number of fused-ring (bicyclic) bond motifs is 9. The van der Waals surface area contributed by atoms with Gasteiger partial charge >= 0.3 is 5.97 Å². The number of aromatic nitrogens is 4. The second-order valence-corrected chi connectivity index (χ2v) is 14.5. The zero-order valence-corrected chi connectivity index (χ0v) is 37.3. The van der Waals surface area contributed by atoms with Gasteiger partial charge in [-0.2, -0.15) is 0 Å². The predicted molar refractivity (Wildman–Crippen MR) is 255 cm³/mol. The van der Waals surface area contributed by atoms with Gasteiger partial charge in [-0.15, -0.1) is 12.1 Å². The summed E-state index contributed by atoms with van der Waals surface area (Å²) in [5.74, 6) is -2.28. The van der Waals surface area contributed by atoms with E-state index in [1.54, 1.807) is 36.5 Å². The van der Waals surface area contributed by atoms with E-state index in [-0.39, 0.29) is 32.8 Å². The minimum Gasteiger partial charge on any atom is -1.00 e. The maximum atomic E-state index is 13.2. The molecule has 0 atom stereocenters. The van der Waals surface area contributed by atoms with Crippen LogP contribution in [-0.4, -0.2) is 34.7 Å². The normalized spacial score (nSPS) is 10.8. The largest absolute Gasteiger partial charge is 1.00 e. The molecular formula is C53H36F2IrN4O4S-2. The predicted octanol–water partition coefficient (Wildman–Crippen LogP) is 13.9. The van der Waals surface area contributed by atoms with Gasteiger partial charge in [-0.05, 0) is 97.5 Å². The van der Waals surface area contributed by atoms with E-state index in [9.17, 15) is 13.6 Å². The number of thiol groups is 1. The molecule has 0 amide bonds. The molecule has 323 valence electrons. The molecule has 2 N–H and O–H groups in total. The molecule has 5 heterocycles. The minimum atomic E-state index is -0.990. The summed E-state index contributed by atoms with van der Waals surface area (Å²) in [5, 5.41) is 15.6. The Hall–Kier alpha value is -7.47. The Bertz CT molecular complexity index is 3350. The van der Waals surface area contributed by atoms with Crippen molar-refractivity contribution >= 4 is 84.4 Å². The fraction of sp³-hybridized carbons (Fsp3) is 0. The molecular weight excluding hydrogens is 1020 g/mol. The Morgan fingerprint density at radius 1 is 0.554 bits per heavy atom. The van der Waals surface area contributed by atoms with Gasteiger partial charge in [0, 0.05) is 87.8 Å². The summed E-state index contributed by atoms with van der Waals surface area (Å²) in [5.41, 5.74) is 9.59. The van der Waals surface area contributed by atoms with Crippen molar-refractivity contribution in [2.24, 2.45) is 0 Å². The molecule has 0 saturated heterocycles. The van der Waals surface area contributed by atoms with E-state index in [1.807, 2.05) is 0 Å². The standard InChI is InChI=1S/C36H22N2O.C11H6F2N.C6H5NO2.Ir.H2OS.H/c1-5-13-31-25(9-1)26-10-2-6-14-32(26)37(31)23-17-19-35-29(21-23)30-22-24(18-20-36(30)39-35)38-33-15-7-3-11-27(33)28-12-4-8-16-34(28)38;12-8-4-5-9(10(13)7-8)11-3-1-2-6-14-11;8-6(9)5-3-1-2-4-7-5;;1-2;/h1-22H;1-4,6-7H;1-4H,(H,8,9);;1-2H;/q;-1;;;;-1/i;;;;;1+2. The molecule has 65 heavy (non-hydrogen) atoms. The maximum absolute atomic E-state index is 13.2. The van der Waals surface area contributed by atoms with Gasteiger partial charge in [-0.25, -0.2) is 9.78 Å². The summed E-state index contributed by atoms with van der Waals surface area (Å²) in [7, 11) is 0.